The van der Waals surface area contributed by atoms with Crippen molar-refractivity contribution in [3.63, 3.8) is 0 Å². The molecule has 124 valence electrons. The molecule has 7 heteroatoms. The number of aliphatic hydroxyl groups excluding tert-OH is 2. The number of rotatable bonds is 7. The van der Waals surface area contributed by atoms with Crippen molar-refractivity contribution in [3.8, 4) is 0 Å². The molecule has 0 spiro atoms. The summed E-state index contributed by atoms with van der Waals surface area (Å²) >= 11 is 5.89. The first-order chi connectivity index (χ1) is 11.0. The molecule has 0 aromatic heterocycles. The molecular formula is C16H19ClN2O4. The molecule has 1 amide bonds. The minimum atomic E-state index is -0.631. The number of ketones is 1. The van der Waals surface area contributed by atoms with E-state index in [2.05, 4.69) is 5.32 Å². The summed E-state index contributed by atoms with van der Waals surface area (Å²) in [5.74, 6) is -1.41. The molecule has 6 nitrogen and oxygen atoms in total. The molecule has 0 radical (unpaired) electrons. The fraction of sp³-hybridized carbons (Fsp3) is 0.375. The van der Waals surface area contributed by atoms with Gasteiger partial charge in [-0.2, -0.15) is 0 Å². The van der Waals surface area contributed by atoms with Crippen LogP contribution in [0, 0.1) is 0 Å². The average Bonchev–Trinajstić information content (AvgIpc) is 2.77. The van der Waals surface area contributed by atoms with Crippen LogP contribution in [0.15, 0.2) is 35.6 Å². The van der Waals surface area contributed by atoms with Crippen LogP contribution in [0.5, 0.6) is 0 Å². The number of halogens is 1. The molecule has 2 rings (SSSR count). The predicted octanol–water partition coefficient (Wildman–Crippen LogP) is 1.21. The number of nitrogens with one attached hydrogen (secondary N) is 1. The van der Waals surface area contributed by atoms with E-state index in [4.69, 9.17) is 16.7 Å². The van der Waals surface area contributed by atoms with Crippen molar-refractivity contribution in [1.29, 1.82) is 0 Å². The quantitative estimate of drug-likeness (QED) is 0.650. The van der Waals surface area contributed by atoms with Gasteiger partial charge in [0.1, 0.15) is 0 Å². The standard InChI is InChI=1S/C16H19ClN2O4/c1-10(21)13-14(11-2-4-12(17)5-3-11)19(16(23)15(13)22)8-6-18-7-9-20/h2-5,14,18,20,22H,6-9H2,1H3/t14-/m1/s1. The minimum absolute atomic E-state index is 0.00322. The van der Waals surface area contributed by atoms with Gasteiger partial charge in [-0.1, -0.05) is 23.7 Å². The number of carbonyl (C=O) groups is 2. The highest BCUT2D eigenvalue weighted by Gasteiger charge is 2.41. The van der Waals surface area contributed by atoms with Gasteiger partial charge in [-0.25, -0.2) is 0 Å². The molecular weight excluding hydrogens is 320 g/mol. The highest BCUT2D eigenvalue weighted by molar-refractivity contribution is 6.30. The summed E-state index contributed by atoms with van der Waals surface area (Å²) in [6.07, 6.45) is 0. The maximum atomic E-state index is 12.3. The fourth-order valence-electron chi connectivity index (χ4n) is 2.64. The monoisotopic (exact) mass is 338 g/mol. The van der Waals surface area contributed by atoms with Gasteiger partial charge in [0.15, 0.2) is 11.5 Å². The Labute approximate surface area is 139 Å². The Balaban J connectivity index is 2.31. The molecule has 0 saturated carbocycles. The lowest BCUT2D eigenvalue weighted by Crippen LogP contribution is -2.37. The summed E-state index contributed by atoms with van der Waals surface area (Å²) in [7, 11) is 0. The summed E-state index contributed by atoms with van der Waals surface area (Å²) in [6, 6.07) is 6.19. The van der Waals surface area contributed by atoms with Gasteiger partial charge in [0, 0.05) is 24.7 Å². The Morgan fingerprint density at radius 2 is 1.96 bits per heavy atom. The topological polar surface area (TPSA) is 89.9 Å². The van der Waals surface area contributed by atoms with Gasteiger partial charge in [-0.3, -0.25) is 9.59 Å². The summed E-state index contributed by atoms with van der Waals surface area (Å²) in [6.45, 7) is 2.47. The minimum Gasteiger partial charge on any atom is -0.503 e. The lowest BCUT2D eigenvalue weighted by molar-refractivity contribution is -0.129. The number of aliphatic hydroxyl groups is 2. The van der Waals surface area contributed by atoms with Gasteiger partial charge in [0.2, 0.25) is 0 Å². The second kappa shape index (κ2) is 7.59. The first-order valence-electron chi connectivity index (χ1n) is 7.29. The molecule has 23 heavy (non-hydrogen) atoms. The molecule has 1 aromatic carbocycles. The van der Waals surface area contributed by atoms with Crippen molar-refractivity contribution < 1.29 is 19.8 Å². The molecule has 1 aliphatic rings. The lowest BCUT2D eigenvalue weighted by Gasteiger charge is -2.26. The van der Waals surface area contributed by atoms with E-state index in [-0.39, 0.29) is 18.0 Å². The van der Waals surface area contributed by atoms with E-state index >= 15 is 0 Å². The zero-order valence-corrected chi connectivity index (χ0v) is 13.5. The van der Waals surface area contributed by atoms with Crippen LogP contribution >= 0.6 is 11.6 Å². The van der Waals surface area contributed by atoms with Gasteiger partial charge in [0.25, 0.3) is 5.91 Å². The molecule has 0 fully saturated rings. The highest BCUT2D eigenvalue weighted by atomic mass is 35.5. The third kappa shape index (κ3) is 3.72. The van der Waals surface area contributed by atoms with E-state index in [0.717, 1.165) is 0 Å². The maximum absolute atomic E-state index is 12.3. The largest absolute Gasteiger partial charge is 0.503 e. The van der Waals surface area contributed by atoms with Crippen LogP contribution in [0.4, 0.5) is 0 Å². The molecule has 0 saturated heterocycles. The van der Waals surface area contributed by atoms with Crippen molar-refractivity contribution in [1.82, 2.24) is 10.2 Å². The van der Waals surface area contributed by atoms with E-state index < -0.39 is 17.7 Å². The normalized spacial score (nSPS) is 18.0. The fourth-order valence-corrected chi connectivity index (χ4v) is 2.76. The van der Waals surface area contributed by atoms with Crippen LogP contribution in [0.25, 0.3) is 0 Å². The van der Waals surface area contributed by atoms with Gasteiger partial charge in [-0.15, -0.1) is 0 Å². The summed E-state index contributed by atoms with van der Waals surface area (Å²) < 4.78 is 0. The Kier molecular flexibility index (Phi) is 5.76. The molecule has 1 aromatic rings. The Hall–Kier alpha value is -1.89. The highest BCUT2D eigenvalue weighted by Crippen LogP contribution is 2.37. The summed E-state index contributed by atoms with van der Waals surface area (Å²) in [4.78, 5) is 25.6. The van der Waals surface area contributed by atoms with Gasteiger partial charge < -0.3 is 20.4 Å². The van der Waals surface area contributed by atoms with E-state index in [9.17, 15) is 14.7 Å². The molecule has 3 N–H and O–H groups in total. The van der Waals surface area contributed by atoms with Gasteiger partial charge in [-0.05, 0) is 24.6 Å². The number of Topliss-reactive ketones (excluding diaryl/α,β-unsaturated/α-hetero) is 1. The third-order valence-corrected chi connectivity index (χ3v) is 3.94. The lowest BCUT2D eigenvalue weighted by atomic mass is 9.97. The first-order valence-corrected chi connectivity index (χ1v) is 7.67. The van der Waals surface area contributed by atoms with Crippen molar-refractivity contribution in [2.45, 2.75) is 13.0 Å². The van der Waals surface area contributed by atoms with Crippen LogP contribution in [-0.2, 0) is 9.59 Å². The maximum Gasteiger partial charge on any atom is 0.290 e. The van der Waals surface area contributed by atoms with Crippen molar-refractivity contribution in [2.24, 2.45) is 0 Å². The first kappa shape index (κ1) is 17.5. The zero-order chi connectivity index (χ0) is 17.0. The average molecular weight is 339 g/mol. The SMILES string of the molecule is CC(=O)C1=C(O)C(=O)N(CCNCCO)[C@@H]1c1ccc(Cl)cc1. The number of amides is 1. The van der Waals surface area contributed by atoms with Crippen molar-refractivity contribution in [3.05, 3.63) is 46.2 Å². The van der Waals surface area contributed by atoms with E-state index in [1.165, 1.54) is 11.8 Å². The van der Waals surface area contributed by atoms with Crippen LogP contribution in [-0.4, -0.2) is 53.0 Å². The number of carbonyl (C=O) groups excluding carboxylic acids is 2. The zero-order valence-electron chi connectivity index (χ0n) is 12.8. The van der Waals surface area contributed by atoms with Gasteiger partial charge in [0.05, 0.1) is 18.2 Å². The van der Waals surface area contributed by atoms with E-state index in [1.54, 1.807) is 24.3 Å². The van der Waals surface area contributed by atoms with E-state index in [0.29, 0.717) is 30.2 Å². The van der Waals surface area contributed by atoms with Crippen molar-refractivity contribution in [2.75, 3.05) is 26.2 Å². The molecule has 1 aliphatic heterocycles. The smallest absolute Gasteiger partial charge is 0.290 e. The Morgan fingerprint density at radius 3 is 2.52 bits per heavy atom. The number of benzene rings is 1. The summed E-state index contributed by atoms with van der Waals surface area (Å²) in [5.41, 5.74) is 0.804. The van der Waals surface area contributed by atoms with Crippen LogP contribution < -0.4 is 5.32 Å². The number of hydrogen-bond donors (Lipinski definition) is 3. The molecule has 0 aliphatic carbocycles. The predicted molar refractivity (Wildman–Crippen MR) is 86.2 cm³/mol. The Bertz CT molecular complexity index is 627. The summed E-state index contributed by atoms with van der Waals surface area (Å²) in [5, 5.41) is 22.4. The molecule has 1 atom stereocenters. The van der Waals surface area contributed by atoms with Crippen LogP contribution in [0.2, 0.25) is 5.02 Å². The van der Waals surface area contributed by atoms with Crippen molar-refractivity contribution >= 4 is 23.3 Å². The second-order valence-corrected chi connectivity index (χ2v) is 5.68. The van der Waals surface area contributed by atoms with E-state index in [1.807, 2.05) is 0 Å². The van der Waals surface area contributed by atoms with Crippen LogP contribution in [0.3, 0.4) is 0 Å². The molecule has 0 bridgehead atoms. The molecule has 1 heterocycles. The van der Waals surface area contributed by atoms with Crippen LogP contribution in [0.1, 0.15) is 18.5 Å². The van der Waals surface area contributed by atoms with Gasteiger partial charge >= 0.3 is 0 Å². The number of hydrogen-bond acceptors (Lipinski definition) is 5. The Morgan fingerprint density at radius 1 is 1.30 bits per heavy atom. The molecule has 0 unspecified atom stereocenters. The number of nitrogens with zero attached hydrogens (tertiary/aromatic N) is 1. The third-order valence-electron chi connectivity index (χ3n) is 3.69. The second-order valence-electron chi connectivity index (χ2n) is 5.24.